The van der Waals surface area contributed by atoms with Crippen molar-refractivity contribution in [1.29, 1.82) is 0 Å². The van der Waals surface area contributed by atoms with Gasteiger partial charge < -0.3 is 14.8 Å². The molecule has 1 saturated heterocycles. The van der Waals surface area contributed by atoms with E-state index in [1.54, 1.807) is 0 Å². The summed E-state index contributed by atoms with van der Waals surface area (Å²) in [6.07, 6.45) is 3.61. The topological polar surface area (TPSA) is 53.4 Å². The molecule has 2 aromatic rings. The van der Waals surface area contributed by atoms with Crippen LogP contribution in [-0.2, 0) is 19.5 Å². The summed E-state index contributed by atoms with van der Waals surface area (Å²) in [5.74, 6) is 1.25. The summed E-state index contributed by atoms with van der Waals surface area (Å²) in [6.45, 7) is 11.6. The summed E-state index contributed by atoms with van der Waals surface area (Å²) in [4.78, 5) is 21.8. The van der Waals surface area contributed by atoms with Crippen molar-refractivity contribution in [2.45, 2.75) is 53.1 Å². The third-order valence-electron chi connectivity index (χ3n) is 5.89. The van der Waals surface area contributed by atoms with Gasteiger partial charge in [0, 0.05) is 51.4 Å². The van der Waals surface area contributed by atoms with Crippen molar-refractivity contribution in [3.63, 3.8) is 0 Å². The molecule has 0 atom stereocenters. The van der Waals surface area contributed by atoms with Crippen molar-refractivity contribution in [2.75, 3.05) is 31.5 Å². The number of aryl methyl sites for hydroxylation is 4. The maximum atomic E-state index is 12.6. The highest BCUT2D eigenvalue weighted by atomic mass is 16.2. The fourth-order valence-electron chi connectivity index (χ4n) is 4.45. The van der Waals surface area contributed by atoms with E-state index in [0.717, 1.165) is 51.4 Å². The van der Waals surface area contributed by atoms with Crippen LogP contribution >= 0.6 is 0 Å². The summed E-state index contributed by atoms with van der Waals surface area (Å²) < 4.78 is 2.43. The van der Waals surface area contributed by atoms with Crippen LogP contribution in [0, 0.1) is 20.8 Å². The minimum absolute atomic E-state index is 0.00237. The van der Waals surface area contributed by atoms with Crippen LogP contribution in [0.25, 0.3) is 0 Å². The summed E-state index contributed by atoms with van der Waals surface area (Å²) in [5.41, 5.74) is 5.75. The second kappa shape index (κ2) is 7.95. The zero-order valence-electron chi connectivity index (χ0n) is 17.3. The van der Waals surface area contributed by atoms with Crippen molar-refractivity contribution in [2.24, 2.45) is 0 Å². The van der Waals surface area contributed by atoms with Crippen LogP contribution in [0.3, 0.4) is 0 Å². The van der Waals surface area contributed by atoms with E-state index < -0.39 is 0 Å². The average molecular weight is 382 g/mol. The smallest absolute Gasteiger partial charge is 0.321 e. The standard InChI is InChI=1S/C22H31N5O/c1-16-12-17(2)14-19(13-16)24-22(28)26-10-8-25(9-11-26)15-20-18(3)23-21-6-4-5-7-27(20)21/h12-14H,4-11,15H2,1-3H3,(H,24,28). The molecule has 2 aliphatic rings. The Morgan fingerprint density at radius 1 is 1.00 bits per heavy atom. The van der Waals surface area contributed by atoms with E-state index in [-0.39, 0.29) is 6.03 Å². The van der Waals surface area contributed by atoms with Gasteiger partial charge in [0.05, 0.1) is 11.4 Å². The van der Waals surface area contributed by atoms with E-state index in [0.29, 0.717) is 0 Å². The molecule has 0 spiro atoms. The number of fused-ring (bicyclic) bond motifs is 1. The van der Waals surface area contributed by atoms with Gasteiger partial charge in [-0.2, -0.15) is 0 Å². The van der Waals surface area contributed by atoms with Crippen LogP contribution in [-0.4, -0.2) is 51.6 Å². The predicted octanol–water partition coefficient (Wildman–Crippen LogP) is 3.49. The van der Waals surface area contributed by atoms with Crippen LogP contribution in [0.1, 0.15) is 41.2 Å². The molecule has 28 heavy (non-hydrogen) atoms. The molecule has 1 aromatic heterocycles. The first kappa shape index (κ1) is 19.0. The molecule has 6 heteroatoms. The lowest BCUT2D eigenvalue weighted by atomic mass is 10.1. The Morgan fingerprint density at radius 3 is 2.43 bits per heavy atom. The summed E-state index contributed by atoms with van der Waals surface area (Å²) in [6, 6.07) is 6.16. The van der Waals surface area contributed by atoms with Crippen LogP contribution in [0.4, 0.5) is 10.5 Å². The number of urea groups is 1. The second-order valence-corrected chi connectivity index (χ2v) is 8.24. The zero-order valence-corrected chi connectivity index (χ0v) is 17.3. The highest BCUT2D eigenvalue weighted by molar-refractivity contribution is 5.89. The van der Waals surface area contributed by atoms with Gasteiger partial charge in [0.2, 0.25) is 0 Å². The number of carbonyl (C=O) groups is 1. The molecule has 0 aliphatic carbocycles. The molecule has 0 saturated carbocycles. The third kappa shape index (κ3) is 4.07. The van der Waals surface area contributed by atoms with E-state index in [2.05, 4.69) is 41.6 Å². The minimum Gasteiger partial charge on any atom is -0.331 e. The molecular weight excluding hydrogens is 350 g/mol. The zero-order chi connectivity index (χ0) is 19.7. The van der Waals surface area contributed by atoms with Crippen LogP contribution in [0.15, 0.2) is 18.2 Å². The van der Waals surface area contributed by atoms with Gasteiger partial charge in [0.1, 0.15) is 5.82 Å². The first-order valence-electron chi connectivity index (χ1n) is 10.4. The summed E-state index contributed by atoms with van der Waals surface area (Å²) in [5, 5.41) is 3.06. The minimum atomic E-state index is 0.00237. The number of nitrogens with zero attached hydrogens (tertiary/aromatic N) is 4. The van der Waals surface area contributed by atoms with Gasteiger partial charge in [0.25, 0.3) is 0 Å². The lowest BCUT2D eigenvalue weighted by Crippen LogP contribution is -2.49. The molecule has 1 fully saturated rings. The van der Waals surface area contributed by atoms with Gasteiger partial charge in [-0.1, -0.05) is 6.07 Å². The Bertz CT molecular complexity index is 844. The molecule has 0 bridgehead atoms. The molecule has 0 radical (unpaired) electrons. The number of rotatable bonds is 3. The maximum Gasteiger partial charge on any atom is 0.321 e. The Hall–Kier alpha value is -2.34. The second-order valence-electron chi connectivity index (χ2n) is 8.24. The number of carbonyl (C=O) groups excluding carboxylic acids is 1. The maximum absolute atomic E-state index is 12.6. The number of hydrogen-bond acceptors (Lipinski definition) is 3. The van der Waals surface area contributed by atoms with Gasteiger partial charge in [-0.05, 0) is 56.9 Å². The van der Waals surface area contributed by atoms with Crippen LogP contribution in [0.2, 0.25) is 0 Å². The lowest BCUT2D eigenvalue weighted by molar-refractivity contribution is 0.140. The molecule has 0 unspecified atom stereocenters. The SMILES string of the molecule is Cc1cc(C)cc(NC(=O)N2CCN(Cc3c(C)nc4n3CCCC4)CC2)c1. The molecule has 3 heterocycles. The fraction of sp³-hybridized carbons (Fsp3) is 0.545. The Kier molecular flexibility index (Phi) is 5.40. The number of imidazole rings is 1. The number of nitrogens with one attached hydrogen (secondary N) is 1. The van der Waals surface area contributed by atoms with E-state index in [4.69, 9.17) is 4.98 Å². The van der Waals surface area contributed by atoms with Gasteiger partial charge in [-0.15, -0.1) is 0 Å². The Balaban J connectivity index is 1.33. The van der Waals surface area contributed by atoms with Crippen LogP contribution < -0.4 is 5.32 Å². The first-order valence-corrected chi connectivity index (χ1v) is 10.4. The van der Waals surface area contributed by atoms with Crippen molar-refractivity contribution in [1.82, 2.24) is 19.4 Å². The van der Waals surface area contributed by atoms with Gasteiger partial charge in [0.15, 0.2) is 0 Å². The summed E-state index contributed by atoms with van der Waals surface area (Å²) >= 11 is 0. The highest BCUT2D eigenvalue weighted by Gasteiger charge is 2.24. The number of aromatic nitrogens is 2. The molecule has 1 N–H and O–H groups in total. The van der Waals surface area contributed by atoms with Gasteiger partial charge in [-0.3, -0.25) is 4.90 Å². The molecule has 1 aromatic carbocycles. The van der Waals surface area contributed by atoms with E-state index >= 15 is 0 Å². The van der Waals surface area contributed by atoms with E-state index in [9.17, 15) is 4.79 Å². The number of piperazine rings is 1. The fourth-order valence-corrected chi connectivity index (χ4v) is 4.45. The largest absolute Gasteiger partial charge is 0.331 e. The quantitative estimate of drug-likeness (QED) is 0.885. The lowest BCUT2D eigenvalue weighted by Gasteiger charge is -2.35. The van der Waals surface area contributed by atoms with Crippen molar-refractivity contribution in [3.8, 4) is 0 Å². The average Bonchev–Trinajstić information content (AvgIpc) is 2.97. The molecule has 2 amide bonds. The molecule has 4 rings (SSSR count). The normalized spacial score (nSPS) is 17.5. The third-order valence-corrected chi connectivity index (χ3v) is 5.89. The van der Waals surface area contributed by atoms with E-state index in [1.807, 2.05) is 17.0 Å². The molecule has 6 nitrogen and oxygen atoms in total. The molecule has 150 valence electrons. The van der Waals surface area contributed by atoms with Gasteiger partial charge >= 0.3 is 6.03 Å². The van der Waals surface area contributed by atoms with Crippen molar-refractivity contribution in [3.05, 3.63) is 46.5 Å². The number of anilines is 1. The highest BCUT2D eigenvalue weighted by Crippen LogP contribution is 2.21. The predicted molar refractivity (Wildman–Crippen MR) is 112 cm³/mol. The van der Waals surface area contributed by atoms with Crippen molar-refractivity contribution < 1.29 is 4.79 Å². The number of benzene rings is 1. The van der Waals surface area contributed by atoms with Crippen molar-refractivity contribution >= 4 is 11.7 Å². The number of amides is 2. The van der Waals surface area contributed by atoms with E-state index in [1.165, 1.54) is 41.2 Å². The molecular formula is C22H31N5O. The van der Waals surface area contributed by atoms with Gasteiger partial charge in [-0.25, -0.2) is 9.78 Å². The molecule has 2 aliphatic heterocycles. The first-order chi connectivity index (χ1) is 13.5. The summed E-state index contributed by atoms with van der Waals surface area (Å²) in [7, 11) is 0. The monoisotopic (exact) mass is 381 g/mol. The number of hydrogen-bond donors (Lipinski definition) is 1. The Labute approximate surface area is 167 Å². The van der Waals surface area contributed by atoms with Crippen LogP contribution in [0.5, 0.6) is 0 Å². The Morgan fingerprint density at radius 2 is 1.71 bits per heavy atom.